The summed E-state index contributed by atoms with van der Waals surface area (Å²) in [6.45, 7) is 6.43. The number of nitrogens with zero attached hydrogens (tertiary/aromatic N) is 1. The summed E-state index contributed by atoms with van der Waals surface area (Å²) in [5.74, 6) is -0.961. The van der Waals surface area contributed by atoms with Crippen LogP contribution in [0.5, 0.6) is 0 Å². The fourth-order valence-electron chi connectivity index (χ4n) is 2.67. The molecule has 0 aromatic carbocycles. The van der Waals surface area contributed by atoms with Gasteiger partial charge in [-0.25, -0.2) is 0 Å². The molecule has 2 N–H and O–H groups in total. The van der Waals surface area contributed by atoms with Gasteiger partial charge in [-0.1, -0.05) is 43.9 Å². The molecule has 6 nitrogen and oxygen atoms in total. The number of hydrogen-bond donors (Lipinski definition) is 2. The SMILES string of the molecule is CC1(C)CNC(CCC/C=C2\SC(=S)N(CCCC(=O)O)C2=O)OC1. The molecule has 2 heterocycles. The summed E-state index contributed by atoms with van der Waals surface area (Å²) in [6.07, 6.45) is 5.12. The minimum Gasteiger partial charge on any atom is -0.481 e. The number of carbonyl (C=O) groups excluding carboxylic acids is 1. The molecular weight excluding hydrogens is 360 g/mol. The van der Waals surface area contributed by atoms with Crippen molar-refractivity contribution in [1.29, 1.82) is 0 Å². The minimum atomic E-state index is -0.858. The highest BCUT2D eigenvalue weighted by atomic mass is 32.2. The number of rotatable bonds is 8. The number of thioether (sulfide) groups is 1. The Balaban J connectivity index is 1.71. The molecule has 0 aromatic heterocycles. The summed E-state index contributed by atoms with van der Waals surface area (Å²) in [4.78, 5) is 25.1. The van der Waals surface area contributed by atoms with Gasteiger partial charge in [0.15, 0.2) is 0 Å². The van der Waals surface area contributed by atoms with Gasteiger partial charge >= 0.3 is 5.97 Å². The Morgan fingerprint density at radius 1 is 1.52 bits per heavy atom. The molecule has 0 aromatic rings. The number of carbonyl (C=O) groups is 2. The van der Waals surface area contributed by atoms with Gasteiger partial charge in [-0.2, -0.15) is 0 Å². The number of allylic oxidation sites excluding steroid dienone is 1. The maximum absolute atomic E-state index is 12.3. The predicted octanol–water partition coefficient (Wildman–Crippen LogP) is 2.74. The molecule has 0 aliphatic carbocycles. The maximum Gasteiger partial charge on any atom is 0.303 e. The van der Waals surface area contributed by atoms with Crippen molar-refractivity contribution in [2.24, 2.45) is 5.41 Å². The quantitative estimate of drug-likeness (QED) is 0.377. The fourth-order valence-corrected chi connectivity index (χ4v) is 3.98. The number of hydrogen-bond acceptors (Lipinski definition) is 6. The summed E-state index contributed by atoms with van der Waals surface area (Å²) >= 11 is 6.53. The van der Waals surface area contributed by atoms with E-state index in [-0.39, 0.29) is 24.0 Å². The van der Waals surface area contributed by atoms with E-state index < -0.39 is 5.97 Å². The van der Waals surface area contributed by atoms with Gasteiger partial charge in [0.2, 0.25) is 0 Å². The Hall–Kier alpha value is -0.960. The van der Waals surface area contributed by atoms with Crippen LogP contribution >= 0.6 is 24.0 Å². The summed E-state index contributed by atoms with van der Waals surface area (Å²) in [5.41, 5.74) is 0.186. The Morgan fingerprint density at radius 2 is 2.28 bits per heavy atom. The van der Waals surface area contributed by atoms with Gasteiger partial charge in [-0.05, 0) is 25.7 Å². The van der Waals surface area contributed by atoms with E-state index >= 15 is 0 Å². The van der Waals surface area contributed by atoms with Gasteiger partial charge in [0.25, 0.3) is 5.91 Å². The molecule has 0 spiro atoms. The Morgan fingerprint density at radius 3 is 2.92 bits per heavy atom. The van der Waals surface area contributed by atoms with E-state index in [1.807, 2.05) is 6.08 Å². The lowest BCUT2D eigenvalue weighted by Gasteiger charge is -2.35. The number of ether oxygens (including phenoxy) is 1. The van der Waals surface area contributed by atoms with Gasteiger partial charge in [0, 0.05) is 24.9 Å². The van der Waals surface area contributed by atoms with Gasteiger partial charge < -0.3 is 9.84 Å². The van der Waals surface area contributed by atoms with Crippen molar-refractivity contribution < 1.29 is 19.4 Å². The number of unbranched alkanes of at least 4 members (excludes halogenated alkanes) is 1. The van der Waals surface area contributed by atoms with Crippen molar-refractivity contribution in [2.75, 3.05) is 19.7 Å². The molecule has 2 aliphatic rings. The highest BCUT2D eigenvalue weighted by Crippen LogP contribution is 2.31. The van der Waals surface area contributed by atoms with Crippen LogP contribution in [-0.2, 0) is 14.3 Å². The maximum atomic E-state index is 12.3. The van der Waals surface area contributed by atoms with Crippen molar-refractivity contribution in [2.45, 2.75) is 52.2 Å². The summed E-state index contributed by atoms with van der Waals surface area (Å²) in [5, 5.41) is 12.1. The lowest BCUT2D eigenvalue weighted by molar-refractivity contribution is -0.137. The molecule has 2 fully saturated rings. The zero-order valence-electron chi connectivity index (χ0n) is 14.7. The average molecular weight is 387 g/mol. The van der Waals surface area contributed by atoms with E-state index in [1.54, 1.807) is 0 Å². The average Bonchev–Trinajstić information content (AvgIpc) is 2.80. The number of carboxylic acid groups (broad SMARTS) is 1. The number of amides is 1. The Labute approximate surface area is 158 Å². The second kappa shape index (κ2) is 9.12. The van der Waals surface area contributed by atoms with Crippen LogP contribution in [0, 0.1) is 5.41 Å². The van der Waals surface area contributed by atoms with E-state index in [2.05, 4.69) is 19.2 Å². The van der Waals surface area contributed by atoms with E-state index in [9.17, 15) is 9.59 Å². The standard InChI is InChI=1S/C17H26N2O4S2/c1-17(2)10-18-13(23-11-17)7-4-3-6-12-15(22)19(16(24)25-12)9-5-8-14(20)21/h6,13,18H,3-5,7-11H2,1-2H3,(H,20,21)/b12-6-. The van der Waals surface area contributed by atoms with Gasteiger partial charge in [-0.3, -0.25) is 19.8 Å². The van der Waals surface area contributed by atoms with Gasteiger partial charge in [-0.15, -0.1) is 0 Å². The van der Waals surface area contributed by atoms with Crippen LogP contribution < -0.4 is 5.32 Å². The van der Waals surface area contributed by atoms with E-state index in [1.165, 1.54) is 16.7 Å². The first-order chi connectivity index (χ1) is 11.8. The molecule has 8 heteroatoms. The summed E-state index contributed by atoms with van der Waals surface area (Å²) in [7, 11) is 0. The number of carboxylic acids is 1. The number of nitrogens with one attached hydrogen (secondary N) is 1. The van der Waals surface area contributed by atoms with Crippen molar-refractivity contribution >= 4 is 40.2 Å². The third-order valence-electron chi connectivity index (χ3n) is 4.13. The van der Waals surface area contributed by atoms with E-state index in [0.717, 1.165) is 32.4 Å². The van der Waals surface area contributed by atoms with Crippen LogP contribution in [0.4, 0.5) is 0 Å². The van der Waals surface area contributed by atoms with Crippen molar-refractivity contribution in [3.05, 3.63) is 11.0 Å². The second-order valence-corrected chi connectivity index (χ2v) is 8.84. The minimum absolute atomic E-state index is 0.0430. The van der Waals surface area contributed by atoms with E-state index in [4.69, 9.17) is 22.1 Å². The summed E-state index contributed by atoms with van der Waals surface area (Å²) in [6, 6.07) is 0. The zero-order valence-corrected chi connectivity index (χ0v) is 16.4. The zero-order chi connectivity index (χ0) is 18.4. The van der Waals surface area contributed by atoms with Crippen LogP contribution in [0.2, 0.25) is 0 Å². The van der Waals surface area contributed by atoms with E-state index in [0.29, 0.717) is 22.2 Å². The molecule has 2 aliphatic heterocycles. The molecule has 140 valence electrons. The second-order valence-electron chi connectivity index (χ2n) is 7.17. The van der Waals surface area contributed by atoms with Crippen LogP contribution in [0.15, 0.2) is 11.0 Å². The van der Waals surface area contributed by atoms with Crippen molar-refractivity contribution in [3.8, 4) is 0 Å². The lowest BCUT2D eigenvalue weighted by Crippen LogP contribution is -2.47. The topological polar surface area (TPSA) is 78.9 Å². The predicted molar refractivity (Wildman–Crippen MR) is 102 cm³/mol. The van der Waals surface area contributed by atoms with Crippen molar-refractivity contribution in [3.63, 3.8) is 0 Å². The molecule has 2 saturated heterocycles. The third kappa shape index (κ3) is 6.36. The molecule has 0 saturated carbocycles. The molecule has 1 amide bonds. The number of thiocarbonyl (C=S) groups is 1. The Bertz CT molecular complexity index is 553. The smallest absolute Gasteiger partial charge is 0.303 e. The lowest BCUT2D eigenvalue weighted by atomic mass is 9.93. The molecule has 0 radical (unpaired) electrons. The largest absolute Gasteiger partial charge is 0.481 e. The molecule has 1 atom stereocenters. The van der Waals surface area contributed by atoms with Gasteiger partial charge in [0.1, 0.15) is 10.5 Å². The monoisotopic (exact) mass is 386 g/mol. The molecule has 25 heavy (non-hydrogen) atoms. The first kappa shape index (κ1) is 20.4. The van der Waals surface area contributed by atoms with Crippen LogP contribution in [0.25, 0.3) is 0 Å². The summed E-state index contributed by atoms with van der Waals surface area (Å²) < 4.78 is 6.32. The molecular formula is C17H26N2O4S2. The highest BCUT2D eigenvalue weighted by Gasteiger charge is 2.31. The molecule has 1 unspecified atom stereocenters. The Kier molecular flexibility index (Phi) is 7.42. The normalized spacial score (nSPS) is 25.0. The van der Waals surface area contributed by atoms with Crippen LogP contribution in [0.1, 0.15) is 46.0 Å². The first-order valence-electron chi connectivity index (χ1n) is 8.59. The third-order valence-corrected chi connectivity index (χ3v) is 5.56. The molecule has 0 bridgehead atoms. The molecule has 2 rings (SSSR count). The van der Waals surface area contributed by atoms with Gasteiger partial charge in [0.05, 0.1) is 11.5 Å². The van der Waals surface area contributed by atoms with Crippen LogP contribution in [-0.4, -0.2) is 52.1 Å². The van der Waals surface area contributed by atoms with Crippen molar-refractivity contribution in [1.82, 2.24) is 10.2 Å². The number of aliphatic carboxylic acids is 1. The van der Waals surface area contributed by atoms with Crippen LogP contribution in [0.3, 0.4) is 0 Å². The highest BCUT2D eigenvalue weighted by molar-refractivity contribution is 8.26. The fraction of sp³-hybridized carbons (Fsp3) is 0.706. The first-order valence-corrected chi connectivity index (χ1v) is 9.81.